The summed E-state index contributed by atoms with van der Waals surface area (Å²) in [5.41, 5.74) is 0.0485. The van der Waals surface area contributed by atoms with Gasteiger partial charge >= 0.3 is 5.97 Å². The normalized spacial score (nSPS) is 10.4. The van der Waals surface area contributed by atoms with E-state index in [1.54, 1.807) is 0 Å². The Morgan fingerprint density at radius 2 is 2.21 bits per heavy atom. The summed E-state index contributed by atoms with van der Waals surface area (Å²) < 4.78 is 0.775. The van der Waals surface area contributed by atoms with Gasteiger partial charge in [-0.05, 0) is 27.4 Å². The van der Waals surface area contributed by atoms with Crippen molar-refractivity contribution in [3.05, 3.63) is 36.9 Å². The van der Waals surface area contributed by atoms with Gasteiger partial charge in [0.2, 0.25) is 0 Å². The molecule has 0 saturated carbocycles. The predicted octanol–water partition coefficient (Wildman–Crippen LogP) is 2.64. The Morgan fingerprint density at radius 3 is 2.79 bits per heavy atom. The molecule has 100 valence electrons. The Morgan fingerprint density at radius 1 is 1.42 bits per heavy atom. The van der Waals surface area contributed by atoms with E-state index in [-0.39, 0.29) is 11.6 Å². The van der Waals surface area contributed by atoms with Gasteiger partial charge < -0.3 is 10.4 Å². The number of aromatic carboxylic acids is 1. The van der Waals surface area contributed by atoms with Gasteiger partial charge in [-0.2, -0.15) is 0 Å². The van der Waals surface area contributed by atoms with Crippen molar-refractivity contribution in [2.75, 3.05) is 6.54 Å². The van der Waals surface area contributed by atoms with E-state index in [1.165, 1.54) is 28.1 Å². The molecule has 0 saturated heterocycles. The molecule has 8 heteroatoms. The molecular formula is C11H9BrN2O3S2. The minimum atomic E-state index is -1.03. The van der Waals surface area contributed by atoms with E-state index < -0.39 is 5.97 Å². The van der Waals surface area contributed by atoms with Gasteiger partial charge in [0.25, 0.3) is 5.91 Å². The van der Waals surface area contributed by atoms with E-state index in [0.29, 0.717) is 22.9 Å². The van der Waals surface area contributed by atoms with Gasteiger partial charge in [0.15, 0.2) is 5.69 Å². The maximum Gasteiger partial charge on any atom is 0.355 e. The maximum atomic E-state index is 11.8. The van der Waals surface area contributed by atoms with Crippen LogP contribution in [-0.2, 0) is 6.42 Å². The van der Waals surface area contributed by atoms with E-state index >= 15 is 0 Å². The summed E-state index contributed by atoms with van der Waals surface area (Å²) in [7, 11) is 0. The van der Waals surface area contributed by atoms with Crippen molar-refractivity contribution < 1.29 is 14.7 Å². The largest absolute Gasteiger partial charge is 0.476 e. The maximum absolute atomic E-state index is 11.8. The fourth-order valence-corrected chi connectivity index (χ4v) is 3.58. The van der Waals surface area contributed by atoms with Gasteiger partial charge in [0, 0.05) is 22.8 Å². The number of nitrogens with one attached hydrogen (secondary N) is 1. The smallest absolute Gasteiger partial charge is 0.355 e. The Hall–Kier alpha value is -1.25. The standard InChI is InChI=1S/C11H9BrN2O3S2/c12-6-2-4-18-9(6)10(15)13-3-1-8-14-7(5-19-8)11(16)17/h2,4-5H,1,3H2,(H,13,15)(H,16,17). The number of thiazole rings is 1. The van der Waals surface area contributed by atoms with Gasteiger partial charge in [-0.25, -0.2) is 9.78 Å². The number of thiophene rings is 1. The molecular weight excluding hydrogens is 352 g/mol. The third kappa shape index (κ3) is 3.62. The lowest BCUT2D eigenvalue weighted by molar-refractivity contribution is 0.0690. The topological polar surface area (TPSA) is 79.3 Å². The Bertz CT molecular complexity index is 609. The number of hydrogen-bond donors (Lipinski definition) is 2. The molecule has 2 rings (SSSR count). The van der Waals surface area contributed by atoms with Crippen LogP contribution in [0.2, 0.25) is 0 Å². The third-order valence-corrected chi connectivity index (χ3v) is 4.96. The van der Waals surface area contributed by atoms with E-state index in [9.17, 15) is 9.59 Å². The molecule has 2 heterocycles. The first-order valence-electron chi connectivity index (χ1n) is 5.27. The van der Waals surface area contributed by atoms with Crippen LogP contribution in [0.1, 0.15) is 25.2 Å². The second-order valence-electron chi connectivity index (χ2n) is 3.54. The average Bonchev–Trinajstić information content (AvgIpc) is 2.97. The molecule has 0 aliphatic heterocycles. The van der Waals surface area contributed by atoms with Crippen LogP contribution in [0.3, 0.4) is 0 Å². The number of nitrogens with zero attached hydrogens (tertiary/aromatic N) is 1. The first kappa shape index (κ1) is 14.2. The zero-order valence-electron chi connectivity index (χ0n) is 9.55. The molecule has 0 bridgehead atoms. The minimum absolute atomic E-state index is 0.0485. The number of amides is 1. The molecule has 0 aliphatic rings. The summed E-state index contributed by atoms with van der Waals surface area (Å²) in [6.45, 7) is 0.426. The van der Waals surface area contributed by atoms with Crippen LogP contribution in [0.25, 0.3) is 0 Å². The highest BCUT2D eigenvalue weighted by atomic mass is 79.9. The molecule has 0 aliphatic carbocycles. The van der Waals surface area contributed by atoms with Crippen LogP contribution in [0.5, 0.6) is 0 Å². The van der Waals surface area contributed by atoms with E-state index in [4.69, 9.17) is 5.11 Å². The Kier molecular flexibility index (Phi) is 4.67. The molecule has 5 nitrogen and oxygen atoms in total. The van der Waals surface area contributed by atoms with Crippen molar-refractivity contribution in [2.45, 2.75) is 6.42 Å². The molecule has 19 heavy (non-hydrogen) atoms. The van der Waals surface area contributed by atoms with Crippen molar-refractivity contribution >= 4 is 50.5 Å². The van der Waals surface area contributed by atoms with E-state index in [2.05, 4.69) is 26.2 Å². The van der Waals surface area contributed by atoms with Crippen LogP contribution in [0.4, 0.5) is 0 Å². The Labute approximate surface area is 125 Å². The fraction of sp³-hybridized carbons (Fsp3) is 0.182. The molecule has 2 N–H and O–H groups in total. The van der Waals surface area contributed by atoms with Crippen molar-refractivity contribution in [2.24, 2.45) is 0 Å². The lowest BCUT2D eigenvalue weighted by atomic mass is 10.4. The summed E-state index contributed by atoms with van der Waals surface area (Å²) in [5, 5.41) is 15.5. The second kappa shape index (κ2) is 6.27. The highest BCUT2D eigenvalue weighted by Gasteiger charge is 2.12. The van der Waals surface area contributed by atoms with Gasteiger partial charge in [0.1, 0.15) is 4.88 Å². The molecule has 1 amide bonds. The predicted molar refractivity (Wildman–Crippen MR) is 77.1 cm³/mol. The molecule has 2 aromatic heterocycles. The molecule has 0 unspecified atom stereocenters. The summed E-state index contributed by atoms with van der Waals surface area (Å²) in [6, 6.07) is 1.82. The quantitative estimate of drug-likeness (QED) is 0.858. The molecule has 0 radical (unpaired) electrons. The monoisotopic (exact) mass is 360 g/mol. The number of carbonyl (C=O) groups excluding carboxylic acids is 1. The van der Waals surface area contributed by atoms with Gasteiger partial charge in [0.05, 0.1) is 5.01 Å². The first-order chi connectivity index (χ1) is 9.08. The number of rotatable bonds is 5. The van der Waals surface area contributed by atoms with Crippen molar-refractivity contribution in [1.82, 2.24) is 10.3 Å². The van der Waals surface area contributed by atoms with E-state index in [1.807, 2.05) is 11.4 Å². The summed E-state index contributed by atoms with van der Waals surface area (Å²) in [5.74, 6) is -1.18. The fourth-order valence-electron chi connectivity index (χ4n) is 1.34. The van der Waals surface area contributed by atoms with Crippen LogP contribution in [0, 0.1) is 0 Å². The SMILES string of the molecule is O=C(O)c1csc(CCNC(=O)c2sccc2Br)n1. The van der Waals surface area contributed by atoms with Gasteiger partial charge in [-0.1, -0.05) is 0 Å². The van der Waals surface area contributed by atoms with Crippen molar-refractivity contribution in [3.8, 4) is 0 Å². The molecule has 0 atom stereocenters. The second-order valence-corrected chi connectivity index (χ2v) is 6.25. The number of carboxylic acid groups (broad SMARTS) is 1. The van der Waals surface area contributed by atoms with Crippen molar-refractivity contribution in [1.29, 1.82) is 0 Å². The number of halogens is 1. The van der Waals surface area contributed by atoms with Crippen LogP contribution in [0.15, 0.2) is 21.3 Å². The minimum Gasteiger partial charge on any atom is -0.476 e. The molecule has 0 fully saturated rings. The number of carboxylic acids is 1. The zero-order chi connectivity index (χ0) is 13.8. The molecule has 2 aromatic rings. The average molecular weight is 361 g/mol. The lowest BCUT2D eigenvalue weighted by Gasteiger charge is -2.02. The summed E-state index contributed by atoms with van der Waals surface area (Å²) in [6.07, 6.45) is 0.521. The van der Waals surface area contributed by atoms with Crippen molar-refractivity contribution in [3.63, 3.8) is 0 Å². The highest BCUT2D eigenvalue weighted by molar-refractivity contribution is 9.10. The number of aromatic nitrogens is 1. The lowest BCUT2D eigenvalue weighted by Crippen LogP contribution is -2.25. The van der Waals surface area contributed by atoms with Crippen LogP contribution in [-0.4, -0.2) is 28.5 Å². The van der Waals surface area contributed by atoms with E-state index in [0.717, 1.165) is 4.47 Å². The van der Waals surface area contributed by atoms with Gasteiger partial charge in [-0.15, -0.1) is 22.7 Å². The Balaban J connectivity index is 1.85. The molecule has 0 spiro atoms. The van der Waals surface area contributed by atoms with Crippen LogP contribution >= 0.6 is 38.6 Å². The third-order valence-electron chi connectivity index (χ3n) is 2.22. The number of carbonyl (C=O) groups is 2. The first-order valence-corrected chi connectivity index (χ1v) is 7.82. The molecule has 0 aromatic carbocycles. The van der Waals surface area contributed by atoms with Gasteiger partial charge in [-0.3, -0.25) is 4.79 Å². The zero-order valence-corrected chi connectivity index (χ0v) is 12.8. The summed E-state index contributed by atoms with van der Waals surface area (Å²) in [4.78, 5) is 27.0. The summed E-state index contributed by atoms with van der Waals surface area (Å²) >= 11 is 5.94. The highest BCUT2D eigenvalue weighted by Crippen LogP contribution is 2.22. The number of hydrogen-bond acceptors (Lipinski definition) is 5. The van der Waals surface area contributed by atoms with Crippen LogP contribution < -0.4 is 5.32 Å².